The van der Waals surface area contributed by atoms with E-state index in [1.807, 2.05) is 83.4 Å². The maximum Gasteiger partial charge on any atom is 0.358 e. The fourth-order valence-corrected chi connectivity index (χ4v) is 3.27. The molecule has 6 heteroatoms. The molecule has 162 valence electrons. The molecule has 0 aliphatic rings. The fraction of sp³-hybridized carbons (Fsp3) is 0.154. The first-order valence-electron chi connectivity index (χ1n) is 10.4. The highest BCUT2D eigenvalue weighted by atomic mass is 16.5. The Morgan fingerprint density at radius 1 is 0.906 bits per heavy atom. The summed E-state index contributed by atoms with van der Waals surface area (Å²) in [7, 11) is 1.62. The molecule has 0 saturated heterocycles. The van der Waals surface area contributed by atoms with Gasteiger partial charge in [0.2, 0.25) is 0 Å². The molecule has 0 aliphatic carbocycles. The Balaban J connectivity index is 1.62. The minimum atomic E-state index is -0.455. The van der Waals surface area contributed by atoms with Crippen molar-refractivity contribution in [1.82, 2.24) is 9.55 Å². The minimum Gasteiger partial charge on any atom is -0.497 e. The standard InChI is InChI=1S/C26H24N2O4/c1-3-31-26(29)24-17-28(25(27-24)20-9-13-22(30-2)14-10-20)21-11-15-23(16-12-21)32-18-19-7-5-4-6-8-19/h4-17H,3,18H2,1-2H3. The number of esters is 1. The molecule has 6 nitrogen and oxygen atoms in total. The normalized spacial score (nSPS) is 10.6. The first kappa shape index (κ1) is 21.2. The first-order chi connectivity index (χ1) is 15.7. The van der Waals surface area contributed by atoms with Gasteiger partial charge in [0.25, 0.3) is 0 Å². The summed E-state index contributed by atoms with van der Waals surface area (Å²) in [5.74, 6) is 1.68. The number of nitrogens with zero attached hydrogens (tertiary/aromatic N) is 2. The zero-order valence-electron chi connectivity index (χ0n) is 18.0. The third-order valence-corrected chi connectivity index (χ3v) is 4.90. The molecule has 4 aromatic rings. The van der Waals surface area contributed by atoms with Crippen LogP contribution in [-0.4, -0.2) is 29.2 Å². The number of hydrogen-bond acceptors (Lipinski definition) is 5. The second kappa shape index (κ2) is 9.83. The van der Waals surface area contributed by atoms with Crippen LogP contribution in [0.25, 0.3) is 17.1 Å². The molecular weight excluding hydrogens is 404 g/mol. The van der Waals surface area contributed by atoms with E-state index in [2.05, 4.69) is 4.98 Å². The van der Waals surface area contributed by atoms with Gasteiger partial charge in [0.15, 0.2) is 5.69 Å². The highest BCUT2D eigenvalue weighted by Gasteiger charge is 2.18. The number of carbonyl (C=O) groups excluding carboxylic acids is 1. The van der Waals surface area contributed by atoms with E-state index in [1.165, 1.54) is 0 Å². The number of imidazole rings is 1. The third-order valence-electron chi connectivity index (χ3n) is 4.90. The van der Waals surface area contributed by atoms with Gasteiger partial charge in [-0.1, -0.05) is 30.3 Å². The molecule has 1 heterocycles. The molecule has 0 N–H and O–H groups in total. The van der Waals surface area contributed by atoms with Crippen LogP contribution in [0, 0.1) is 0 Å². The predicted octanol–water partition coefficient (Wildman–Crippen LogP) is 5.30. The summed E-state index contributed by atoms with van der Waals surface area (Å²) in [6.45, 7) is 2.56. The van der Waals surface area contributed by atoms with Gasteiger partial charge in [-0.15, -0.1) is 0 Å². The van der Waals surface area contributed by atoms with Gasteiger partial charge in [-0.05, 0) is 61.0 Å². The average Bonchev–Trinajstić information content (AvgIpc) is 3.30. The minimum absolute atomic E-state index is 0.252. The number of carbonyl (C=O) groups is 1. The summed E-state index contributed by atoms with van der Waals surface area (Å²) >= 11 is 0. The van der Waals surface area contributed by atoms with Gasteiger partial charge in [-0.2, -0.15) is 0 Å². The van der Waals surface area contributed by atoms with Gasteiger partial charge < -0.3 is 14.2 Å². The molecule has 0 bridgehead atoms. The quantitative estimate of drug-likeness (QED) is 0.356. The number of benzene rings is 3. The van der Waals surface area contributed by atoms with Crippen molar-refractivity contribution in [2.75, 3.05) is 13.7 Å². The molecule has 0 radical (unpaired) electrons. The van der Waals surface area contributed by atoms with Crippen molar-refractivity contribution in [2.45, 2.75) is 13.5 Å². The maximum atomic E-state index is 12.3. The summed E-state index contributed by atoms with van der Waals surface area (Å²) in [4.78, 5) is 16.9. The van der Waals surface area contributed by atoms with E-state index >= 15 is 0 Å². The van der Waals surface area contributed by atoms with Crippen LogP contribution in [0.2, 0.25) is 0 Å². The molecule has 3 aromatic carbocycles. The summed E-state index contributed by atoms with van der Waals surface area (Å²) in [5, 5.41) is 0. The highest BCUT2D eigenvalue weighted by molar-refractivity contribution is 5.88. The Morgan fingerprint density at radius 3 is 2.25 bits per heavy atom. The lowest BCUT2D eigenvalue weighted by Gasteiger charge is -2.10. The fourth-order valence-electron chi connectivity index (χ4n) is 3.27. The number of hydrogen-bond donors (Lipinski definition) is 0. The zero-order chi connectivity index (χ0) is 22.3. The molecule has 0 fully saturated rings. The van der Waals surface area contributed by atoms with Crippen LogP contribution in [0.3, 0.4) is 0 Å². The van der Waals surface area contributed by atoms with E-state index in [4.69, 9.17) is 14.2 Å². The van der Waals surface area contributed by atoms with Crippen molar-refractivity contribution in [3.05, 3.63) is 96.3 Å². The van der Waals surface area contributed by atoms with Gasteiger partial charge in [0.1, 0.15) is 23.9 Å². The van der Waals surface area contributed by atoms with E-state index in [-0.39, 0.29) is 12.3 Å². The summed E-state index contributed by atoms with van der Waals surface area (Å²) in [6, 6.07) is 25.2. The molecule has 1 aromatic heterocycles. The van der Waals surface area contributed by atoms with Gasteiger partial charge in [0, 0.05) is 17.4 Å². The van der Waals surface area contributed by atoms with E-state index in [9.17, 15) is 4.79 Å². The van der Waals surface area contributed by atoms with Crippen LogP contribution < -0.4 is 9.47 Å². The van der Waals surface area contributed by atoms with Crippen molar-refractivity contribution in [3.8, 4) is 28.6 Å². The Kier molecular flexibility index (Phi) is 6.51. The lowest BCUT2D eigenvalue weighted by atomic mass is 10.2. The van der Waals surface area contributed by atoms with Crippen LogP contribution >= 0.6 is 0 Å². The van der Waals surface area contributed by atoms with Crippen LogP contribution in [0.1, 0.15) is 23.0 Å². The van der Waals surface area contributed by atoms with Gasteiger partial charge >= 0.3 is 5.97 Å². The highest BCUT2D eigenvalue weighted by Crippen LogP contribution is 2.26. The predicted molar refractivity (Wildman–Crippen MR) is 122 cm³/mol. The SMILES string of the molecule is CCOC(=O)c1cn(-c2ccc(OCc3ccccc3)cc2)c(-c2ccc(OC)cc2)n1. The Bertz CT molecular complexity index is 1170. The van der Waals surface area contributed by atoms with Crippen molar-refractivity contribution in [1.29, 1.82) is 0 Å². The molecule has 4 rings (SSSR count). The monoisotopic (exact) mass is 428 g/mol. The molecule has 0 aliphatic heterocycles. The molecular formula is C26H24N2O4. The van der Waals surface area contributed by atoms with Crippen molar-refractivity contribution in [2.24, 2.45) is 0 Å². The van der Waals surface area contributed by atoms with Crippen LogP contribution in [-0.2, 0) is 11.3 Å². The Hall–Kier alpha value is -4.06. The summed E-state index contributed by atoms with van der Waals surface area (Å²) in [5.41, 5.74) is 3.06. The zero-order valence-corrected chi connectivity index (χ0v) is 18.0. The van der Waals surface area contributed by atoms with E-state index in [0.29, 0.717) is 12.4 Å². The van der Waals surface area contributed by atoms with Crippen molar-refractivity contribution in [3.63, 3.8) is 0 Å². The van der Waals surface area contributed by atoms with Crippen LogP contribution in [0.15, 0.2) is 85.1 Å². The molecule has 0 atom stereocenters. The second-order valence-electron chi connectivity index (χ2n) is 7.04. The number of ether oxygens (including phenoxy) is 3. The van der Waals surface area contributed by atoms with Crippen LogP contribution in [0.5, 0.6) is 11.5 Å². The Labute approximate surface area is 187 Å². The topological polar surface area (TPSA) is 62.6 Å². The smallest absolute Gasteiger partial charge is 0.358 e. The lowest BCUT2D eigenvalue weighted by Crippen LogP contribution is -2.04. The number of rotatable bonds is 8. The second-order valence-corrected chi connectivity index (χ2v) is 7.04. The van der Waals surface area contributed by atoms with E-state index < -0.39 is 5.97 Å². The number of methoxy groups -OCH3 is 1. The van der Waals surface area contributed by atoms with Crippen molar-refractivity contribution < 1.29 is 19.0 Å². The molecule has 0 unspecified atom stereocenters. The van der Waals surface area contributed by atoms with Gasteiger partial charge in [0.05, 0.1) is 13.7 Å². The molecule has 0 amide bonds. The Morgan fingerprint density at radius 2 is 1.59 bits per heavy atom. The van der Waals surface area contributed by atoms with Crippen LogP contribution in [0.4, 0.5) is 0 Å². The van der Waals surface area contributed by atoms with Gasteiger partial charge in [-0.3, -0.25) is 4.57 Å². The first-order valence-corrected chi connectivity index (χ1v) is 10.4. The molecule has 0 saturated carbocycles. The summed E-state index contributed by atoms with van der Waals surface area (Å²) in [6.07, 6.45) is 1.69. The number of aromatic nitrogens is 2. The molecule has 32 heavy (non-hydrogen) atoms. The van der Waals surface area contributed by atoms with E-state index in [1.54, 1.807) is 20.2 Å². The summed E-state index contributed by atoms with van der Waals surface area (Å²) < 4.78 is 18.1. The van der Waals surface area contributed by atoms with Gasteiger partial charge in [-0.25, -0.2) is 9.78 Å². The van der Waals surface area contributed by atoms with E-state index in [0.717, 1.165) is 28.3 Å². The lowest BCUT2D eigenvalue weighted by molar-refractivity contribution is 0.0520. The molecule has 0 spiro atoms. The van der Waals surface area contributed by atoms with Crippen molar-refractivity contribution >= 4 is 5.97 Å². The average molecular weight is 428 g/mol. The maximum absolute atomic E-state index is 12.3. The largest absolute Gasteiger partial charge is 0.497 e. The third kappa shape index (κ3) is 4.81.